The number of ketones is 1. The van der Waals surface area contributed by atoms with Gasteiger partial charge in [0.1, 0.15) is 5.76 Å². The van der Waals surface area contributed by atoms with Gasteiger partial charge < -0.3 is 14.6 Å². The fourth-order valence-corrected chi connectivity index (χ4v) is 3.99. The lowest BCUT2D eigenvalue weighted by Crippen LogP contribution is -2.66. The molecule has 11 heteroatoms. The highest BCUT2D eigenvalue weighted by molar-refractivity contribution is 6.36. The largest absolute Gasteiger partial charge is 0.467 e. The van der Waals surface area contributed by atoms with Crippen LogP contribution < -0.4 is 5.32 Å². The topological polar surface area (TPSA) is 79.6 Å². The van der Waals surface area contributed by atoms with Gasteiger partial charge in [0.2, 0.25) is 5.54 Å². The Kier molecular flexibility index (Phi) is 5.94. The molecule has 31 heavy (non-hydrogen) atoms. The van der Waals surface area contributed by atoms with Crippen LogP contribution in [0.4, 0.5) is 13.2 Å². The molecular weight excluding hydrogens is 460 g/mol. The van der Waals surface area contributed by atoms with Crippen LogP contribution in [0.15, 0.2) is 52.3 Å². The molecule has 2 amide bonds. The third-order valence-corrected chi connectivity index (χ3v) is 5.40. The van der Waals surface area contributed by atoms with Crippen molar-refractivity contribution in [2.45, 2.75) is 32.1 Å². The van der Waals surface area contributed by atoms with E-state index < -0.39 is 34.9 Å². The summed E-state index contributed by atoms with van der Waals surface area (Å²) in [6.07, 6.45) is -4.04. The molecule has 164 valence electrons. The zero-order valence-electron chi connectivity index (χ0n) is 16.1. The van der Waals surface area contributed by atoms with Crippen LogP contribution in [0.5, 0.6) is 0 Å². The fourth-order valence-electron chi connectivity index (χ4n) is 3.50. The number of allylic oxidation sites excluding steroid dienone is 1. The SMILES string of the molecule is CC(=O)C1=C(C)N(Cc2ccco2)C(=O)[C@]1(NC(=O)c1ccc(Cl)cc1Cl)C(F)(F)F. The zero-order chi connectivity index (χ0) is 23.1. The van der Waals surface area contributed by atoms with Gasteiger partial charge in [-0.25, -0.2) is 0 Å². The molecule has 0 spiro atoms. The third kappa shape index (κ3) is 3.83. The molecule has 0 saturated carbocycles. The average Bonchev–Trinajstić information content (AvgIpc) is 3.22. The molecule has 1 N–H and O–H groups in total. The number of rotatable bonds is 5. The Morgan fingerprint density at radius 3 is 2.42 bits per heavy atom. The minimum atomic E-state index is -5.33. The summed E-state index contributed by atoms with van der Waals surface area (Å²) in [5.74, 6) is -3.65. The highest BCUT2D eigenvalue weighted by Gasteiger charge is 2.70. The van der Waals surface area contributed by atoms with Crippen molar-refractivity contribution in [1.29, 1.82) is 0 Å². The highest BCUT2D eigenvalue weighted by atomic mass is 35.5. The summed E-state index contributed by atoms with van der Waals surface area (Å²) in [6.45, 7) is 1.74. The van der Waals surface area contributed by atoms with E-state index in [1.54, 1.807) is 5.32 Å². The van der Waals surface area contributed by atoms with Crippen molar-refractivity contribution in [3.8, 4) is 0 Å². The van der Waals surface area contributed by atoms with Crippen molar-refractivity contribution in [3.05, 3.63) is 69.2 Å². The van der Waals surface area contributed by atoms with E-state index in [2.05, 4.69) is 0 Å². The molecule has 0 radical (unpaired) electrons. The van der Waals surface area contributed by atoms with Crippen LogP contribution >= 0.6 is 23.2 Å². The number of hydrogen-bond acceptors (Lipinski definition) is 4. The van der Waals surface area contributed by atoms with Gasteiger partial charge in [-0.05, 0) is 44.2 Å². The first kappa shape index (κ1) is 22.9. The molecule has 2 aromatic rings. The van der Waals surface area contributed by atoms with Crippen molar-refractivity contribution in [2.24, 2.45) is 0 Å². The molecule has 1 aromatic heterocycles. The van der Waals surface area contributed by atoms with Gasteiger partial charge in [0, 0.05) is 10.7 Å². The summed E-state index contributed by atoms with van der Waals surface area (Å²) >= 11 is 11.7. The molecule has 2 heterocycles. The number of hydrogen-bond donors (Lipinski definition) is 1. The minimum Gasteiger partial charge on any atom is -0.467 e. The van der Waals surface area contributed by atoms with Gasteiger partial charge in [0.25, 0.3) is 11.8 Å². The van der Waals surface area contributed by atoms with E-state index in [9.17, 15) is 27.6 Å². The predicted molar refractivity (Wildman–Crippen MR) is 105 cm³/mol. The molecule has 1 atom stereocenters. The molecule has 0 unspecified atom stereocenters. The molecule has 3 rings (SSSR count). The van der Waals surface area contributed by atoms with E-state index in [0.29, 0.717) is 0 Å². The number of nitrogens with one attached hydrogen (secondary N) is 1. The van der Waals surface area contributed by atoms with Crippen molar-refractivity contribution < 1.29 is 32.0 Å². The smallest absolute Gasteiger partial charge is 0.425 e. The number of benzene rings is 1. The van der Waals surface area contributed by atoms with Gasteiger partial charge in [-0.3, -0.25) is 14.4 Å². The van der Waals surface area contributed by atoms with Crippen molar-refractivity contribution >= 4 is 40.8 Å². The third-order valence-electron chi connectivity index (χ3n) is 4.86. The lowest BCUT2D eigenvalue weighted by molar-refractivity contribution is -0.190. The van der Waals surface area contributed by atoms with Crippen LogP contribution in [0.2, 0.25) is 10.0 Å². The predicted octanol–water partition coefficient (Wildman–Crippen LogP) is 4.52. The molecule has 0 bridgehead atoms. The normalized spacial score (nSPS) is 19.2. The number of alkyl halides is 3. The summed E-state index contributed by atoms with van der Waals surface area (Å²) < 4.78 is 48.4. The summed E-state index contributed by atoms with van der Waals surface area (Å²) in [5, 5.41) is 1.68. The van der Waals surface area contributed by atoms with E-state index in [1.807, 2.05) is 0 Å². The number of carbonyl (C=O) groups excluding carboxylic acids is 3. The monoisotopic (exact) mass is 474 g/mol. The maximum absolute atomic E-state index is 14.4. The van der Waals surface area contributed by atoms with Gasteiger partial charge in [-0.15, -0.1) is 0 Å². The Hall–Kier alpha value is -2.78. The number of carbonyl (C=O) groups is 3. The standard InChI is InChI=1S/C20H15Cl2F3N2O4/c1-10-16(11(2)28)19(20(23,24)25,18(30)27(10)9-13-4-3-7-31-13)26-17(29)14-6-5-12(21)8-15(14)22/h3-8H,9H2,1-2H3,(H,26,29)/t19-/m0/s1. The summed E-state index contributed by atoms with van der Waals surface area (Å²) in [4.78, 5) is 38.9. The average molecular weight is 475 g/mol. The highest BCUT2D eigenvalue weighted by Crippen LogP contribution is 2.45. The molecular formula is C20H15Cl2F3N2O4. The van der Waals surface area contributed by atoms with Crippen LogP contribution in [0.3, 0.4) is 0 Å². The lowest BCUT2D eigenvalue weighted by atomic mass is 9.86. The number of nitrogens with zero attached hydrogens (tertiary/aromatic N) is 1. The molecule has 1 aromatic carbocycles. The lowest BCUT2D eigenvalue weighted by Gasteiger charge is -2.33. The quantitative estimate of drug-likeness (QED) is 0.690. The molecule has 1 aliphatic rings. The van der Waals surface area contributed by atoms with Crippen molar-refractivity contribution in [2.75, 3.05) is 0 Å². The molecule has 0 aliphatic carbocycles. The minimum absolute atomic E-state index is 0.161. The molecule has 0 saturated heterocycles. The van der Waals surface area contributed by atoms with Crippen LogP contribution in [0.25, 0.3) is 0 Å². The van der Waals surface area contributed by atoms with E-state index in [0.717, 1.165) is 17.9 Å². The van der Waals surface area contributed by atoms with Crippen LogP contribution in [-0.2, 0) is 16.1 Å². The van der Waals surface area contributed by atoms with Gasteiger partial charge in [0.15, 0.2) is 5.78 Å². The number of amides is 2. The van der Waals surface area contributed by atoms with Crippen LogP contribution in [0.1, 0.15) is 30.0 Å². The molecule has 0 fully saturated rings. The molecule has 6 nitrogen and oxygen atoms in total. The van der Waals surface area contributed by atoms with E-state index >= 15 is 0 Å². The van der Waals surface area contributed by atoms with E-state index in [4.69, 9.17) is 27.6 Å². The van der Waals surface area contributed by atoms with Crippen LogP contribution in [0, 0.1) is 0 Å². The van der Waals surface area contributed by atoms with Gasteiger partial charge >= 0.3 is 6.18 Å². The van der Waals surface area contributed by atoms with Crippen molar-refractivity contribution in [1.82, 2.24) is 10.2 Å². The Morgan fingerprint density at radius 2 is 1.90 bits per heavy atom. The van der Waals surface area contributed by atoms with Crippen molar-refractivity contribution in [3.63, 3.8) is 0 Å². The summed E-state index contributed by atoms with van der Waals surface area (Å²) in [6, 6.07) is 6.52. The Morgan fingerprint density at radius 1 is 1.23 bits per heavy atom. The second-order valence-electron chi connectivity index (χ2n) is 6.81. The first-order chi connectivity index (χ1) is 14.4. The number of furan rings is 1. The van der Waals surface area contributed by atoms with Gasteiger partial charge in [-0.1, -0.05) is 23.2 Å². The van der Waals surface area contributed by atoms with E-state index in [-0.39, 0.29) is 33.6 Å². The molecule has 1 aliphatic heterocycles. The fraction of sp³-hybridized carbons (Fsp3) is 0.250. The first-order valence-corrected chi connectivity index (χ1v) is 9.56. The maximum atomic E-state index is 14.4. The zero-order valence-corrected chi connectivity index (χ0v) is 17.7. The second kappa shape index (κ2) is 8.05. The summed E-state index contributed by atoms with van der Waals surface area (Å²) in [5.41, 5.74) is -5.05. The van der Waals surface area contributed by atoms with E-state index in [1.165, 1.54) is 37.5 Å². The first-order valence-electron chi connectivity index (χ1n) is 8.81. The second-order valence-corrected chi connectivity index (χ2v) is 7.66. The number of Topliss-reactive ketones (excluding diaryl/α,β-unsaturated/α-hetero) is 1. The Balaban J connectivity index is 2.13. The van der Waals surface area contributed by atoms with Gasteiger partial charge in [-0.2, -0.15) is 13.2 Å². The summed E-state index contributed by atoms with van der Waals surface area (Å²) in [7, 11) is 0. The number of halogens is 5. The maximum Gasteiger partial charge on any atom is 0.425 e. The van der Waals surface area contributed by atoms with Gasteiger partial charge in [0.05, 0.1) is 29.0 Å². The van der Waals surface area contributed by atoms with Crippen LogP contribution in [-0.4, -0.2) is 34.2 Å². The Bertz CT molecular complexity index is 1100. The Labute approximate surface area is 184 Å².